The molecule has 2 heteroatoms. The molecule has 0 saturated carbocycles. The Labute approximate surface area is 326 Å². The van der Waals surface area contributed by atoms with Crippen molar-refractivity contribution in [2.45, 2.75) is 31.6 Å². The Morgan fingerprint density at radius 1 is 0.382 bits per heavy atom. The van der Waals surface area contributed by atoms with E-state index in [1.165, 1.54) is 87.1 Å². The third kappa shape index (κ3) is 4.71. The second-order valence-corrected chi connectivity index (χ2v) is 16.9. The SMILES string of the molecule is CC1(C)c2ccccc2-c2ccc(N(c3ccccc3)c3ccc(-c4ccc5c(c4)sc4cc(C6(C)c7ccccc7-c7ccccc76)ccc45)cc3)cc21. The lowest BCUT2D eigenvalue weighted by Gasteiger charge is -2.28. The van der Waals surface area contributed by atoms with Crippen molar-refractivity contribution in [3.8, 4) is 33.4 Å². The minimum absolute atomic E-state index is 0.0632. The Balaban J connectivity index is 0.953. The summed E-state index contributed by atoms with van der Waals surface area (Å²) >= 11 is 1.90. The van der Waals surface area contributed by atoms with Crippen LogP contribution in [0.5, 0.6) is 0 Å². The molecule has 0 bridgehead atoms. The highest BCUT2D eigenvalue weighted by Gasteiger charge is 2.40. The molecule has 2 aliphatic carbocycles. The van der Waals surface area contributed by atoms with Gasteiger partial charge in [-0.1, -0.05) is 147 Å². The number of rotatable bonds is 5. The van der Waals surface area contributed by atoms with E-state index in [1.54, 1.807) is 0 Å². The molecule has 9 aromatic rings. The Morgan fingerprint density at radius 3 is 1.58 bits per heavy atom. The number of nitrogens with zero attached hydrogens (tertiary/aromatic N) is 1. The zero-order chi connectivity index (χ0) is 36.9. The van der Waals surface area contributed by atoms with Crippen molar-refractivity contribution in [3.05, 3.63) is 210 Å². The first-order chi connectivity index (χ1) is 26.9. The first-order valence-corrected chi connectivity index (χ1v) is 20.1. The minimum Gasteiger partial charge on any atom is -0.310 e. The van der Waals surface area contributed by atoms with E-state index in [4.69, 9.17) is 0 Å². The summed E-state index contributed by atoms with van der Waals surface area (Å²) < 4.78 is 2.65. The van der Waals surface area contributed by atoms with Crippen LogP contribution >= 0.6 is 11.3 Å². The van der Waals surface area contributed by atoms with Crippen LogP contribution in [0.3, 0.4) is 0 Å². The van der Waals surface area contributed by atoms with Crippen LogP contribution in [0.15, 0.2) is 182 Å². The molecule has 0 radical (unpaired) electrons. The van der Waals surface area contributed by atoms with Gasteiger partial charge in [-0.25, -0.2) is 0 Å². The summed E-state index contributed by atoms with van der Waals surface area (Å²) in [6.07, 6.45) is 0. The number of fused-ring (bicyclic) bond motifs is 9. The zero-order valence-corrected chi connectivity index (χ0v) is 32.0. The molecule has 262 valence electrons. The average molecular weight is 722 g/mol. The summed E-state index contributed by atoms with van der Waals surface area (Å²) in [5.74, 6) is 0. The Morgan fingerprint density at radius 2 is 0.891 bits per heavy atom. The van der Waals surface area contributed by atoms with Crippen LogP contribution < -0.4 is 4.90 Å². The Hall–Kier alpha value is -6.22. The van der Waals surface area contributed by atoms with Gasteiger partial charge in [-0.2, -0.15) is 0 Å². The van der Waals surface area contributed by atoms with Gasteiger partial charge in [-0.3, -0.25) is 0 Å². The maximum Gasteiger partial charge on any atom is 0.0465 e. The third-order valence-electron chi connectivity index (χ3n) is 12.6. The third-order valence-corrected chi connectivity index (χ3v) is 13.7. The smallest absolute Gasteiger partial charge is 0.0465 e. The van der Waals surface area contributed by atoms with Gasteiger partial charge in [-0.15, -0.1) is 11.3 Å². The minimum atomic E-state index is -0.195. The molecule has 0 spiro atoms. The molecule has 0 N–H and O–H groups in total. The van der Waals surface area contributed by atoms with E-state index in [1.807, 2.05) is 11.3 Å². The number of hydrogen-bond acceptors (Lipinski definition) is 2. The van der Waals surface area contributed by atoms with Gasteiger partial charge in [-0.05, 0) is 117 Å². The summed E-state index contributed by atoms with van der Waals surface area (Å²) in [6, 6.07) is 67.7. The van der Waals surface area contributed by atoms with Gasteiger partial charge in [0.2, 0.25) is 0 Å². The predicted molar refractivity (Wildman–Crippen MR) is 234 cm³/mol. The topological polar surface area (TPSA) is 3.24 Å². The molecule has 8 aromatic carbocycles. The normalized spacial score (nSPS) is 14.4. The fraction of sp³-hybridized carbons (Fsp3) is 0.0943. The first kappa shape index (κ1) is 32.2. The summed E-state index contributed by atoms with van der Waals surface area (Å²) in [4.78, 5) is 2.39. The number of thiophene rings is 1. The molecular formula is C53H39NS. The molecule has 11 rings (SSSR count). The van der Waals surface area contributed by atoms with Crippen molar-refractivity contribution in [1.82, 2.24) is 0 Å². The van der Waals surface area contributed by atoms with Gasteiger partial charge in [0.25, 0.3) is 0 Å². The molecule has 0 aliphatic heterocycles. The van der Waals surface area contributed by atoms with Crippen molar-refractivity contribution < 1.29 is 0 Å². The van der Waals surface area contributed by atoms with Gasteiger partial charge in [0, 0.05) is 48.1 Å². The molecule has 0 unspecified atom stereocenters. The van der Waals surface area contributed by atoms with Crippen LogP contribution in [0, 0.1) is 0 Å². The summed E-state index contributed by atoms with van der Waals surface area (Å²) in [5, 5.41) is 2.65. The van der Waals surface area contributed by atoms with E-state index in [2.05, 4.69) is 208 Å². The van der Waals surface area contributed by atoms with Gasteiger partial charge in [0.15, 0.2) is 0 Å². The van der Waals surface area contributed by atoms with E-state index in [-0.39, 0.29) is 10.8 Å². The lowest BCUT2D eigenvalue weighted by Crippen LogP contribution is -2.22. The van der Waals surface area contributed by atoms with Crippen molar-refractivity contribution in [2.24, 2.45) is 0 Å². The van der Waals surface area contributed by atoms with Crippen molar-refractivity contribution in [2.75, 3.05) is 4.90 Å². The highest BCUT2D eigenvalue weighted by Crippen LogP contribution is 2.54. The van der Waals surface area contributed by atoms with E-state index >= 15 is 0 Å². The summed E-state index contributed by atoms with van der Waals surface area (Å²) in [5.41, 5.74) is 17.9. The molecule has 0 atom stereocenters. The van der Waals surface area contributed by atoms with Crippen molar-refractivity contribution >= 4 is 48.6 Å². The number of benzene rings is 8. The molecule has 2 aliphatic rings. The highest BCUT2D eigenvalue weighted by atomic mass is 32.1. The highest BCUT2D eigenvalue weighted by molar-refractivity contribution is 7.25. The average Bonchev–Trinajstić information content (AvgIpc) is 3.81. The largest absolute Gasteiger partial charge is 0.310 e. The van der Waals surface area contributed by atoms with E-state index in [9.17, 15) is 0 Å². The second kappa shape index (κ2) is 11.9. The van der Waals surface area contributed by atoms with Gasteiger partial charge in [0.05, 0.1) is 0 Å². The van der Waals surface area contributed by atoms with Gasteiger partial charge in [0.1, 0.15) is 0 Å². The van der Waals surface area contributed by atoms with Crippen LogP contribution in [-0.2, 0) is 10.8 Å². The van der Waals surface area contributed by atoms with Gasteiger partial charge >= 0.3 is 0 Å². The van der Waals surface area contributed by atoms with Crippen LogP contribution in [0.4, 0.5) is 17.1 Å². The van der Waals surface area contributed by atoms with Crippen LogP contribution in [0.25, 0.3) is 53.6 Å². The fourth-order valence-electron chi connectivity index (χ4n) is 9.69. The Kier molecular flexibility index (Phi) is 6.97. The monoisotopic (exact) mass is 721 g/mol. The molecule has 0 fully saturated rings. The number of anilines is 3. The van der Waals surface area contributed by atoms with Gasteiger partial charge < -0.3 is 4.90 Å². The molecular weight excluding hydrogens is 683 g/mol. The molecule has 1 nitrogen and oxygen atoms in total. The van der Waals surface area contributed by atoms with Crippen LogP contribution in [0.2, 0.25) is 0 Å². The van der Waals surface area contributed by atoms with E-state index < -0.39 is 0 Å². The van der Waals surface area contributed by atoms with Crippen molar-refractivity contribution in [3.63, 3.8) is 0 Å². The van der Waals surface area contributed by atoms with Crippen molar-refractivity contribution in [1.29, 1.82) is 0 Å². The Bertz CT molecular complexity index is 2920. The zero-order valence-electron chi connectivity index (χ0n) is 31.2. The maximum atomic E-state index is 2.45. The predicted octanol–water partition coefficient (Wildman–Crippen LogP) is 14.8. The van der Waals surface area contributed by atoms with Crippen LogP contribution in [-0.4, -0.2) is 0 Å². The molecule has 0 saturated heterocycles. The lowest BCUT2D eigenvalue weighted by molar-refractivity contribution is 0.660. The number of para-hydroxylation sites is 1. The fourth-order valence-corrected chi connectivity index (χ4v) is 10.9. The lowest BCUT2D eigenvalue weighted by atomic mass is 9.74. The molecule has 55 heavy (non-hydrogen) atoms. The second-order valence-electron chi connectivity index (χ2n) is 15.9. The standard InChI is InChI=1S/C53H39NS/c1-52(2)46-18-10-7-15-40(46)43-30-27-39(33-49(43)52)54(37-13-5-4-6-14-37)38-25-21-34(22-26-38)35-23-28-44-45-29-24-36(32-51(45)55-50(44)31-35)53(3)47-19-11-8-16-41(47)42-17-9-12-20-48(42)53/h4-33H,1-3H3. The first-order valence-electron chi connectivity index (χ1n) is 19.3. The quantitative estimate of drug-likeness (QED) is 0.171. The van der Waals surface area contributed by atoms with E-state index in [0.717, 1.165) is 11.4 Å². The summed E-state index contributed by atoms with van der Waals surface area (Å²) in [6.45, 7) is 7.10. The maximum absolute atomic E-state index is 2.45. The molecule has 1 aromatic heterocycles. The summed E-state index contributed by atoms with van der Waals surface area (Å²) in [7, 11) is 0. The molecule has 0 amide bonds. The molecule has 1 heterocycles. The van der Waals surface area contributed by atoms with Crippen LogP contribution in [0.1, 0.15) is 48.6 Å². The van der Waals surface area contributed by atoms with E-state index in [0.29, 0.717) is 0 Å². The number of hydrogen-bond donors (Lipinski definition) is 0.